The highest BCUT2D eigenvalue weighted by atomic mass is 35.5. The van der Waals surface area contributed by atoms with Crippen molar-refractivity contribution in [1.82, 2.24) is 9.97 Å². The highest BCUT2D eigenvalue weighted by molar-refractivity contribution is 7.18. The number of nitrogens with one attached hydrogen (secondary N) is 1. The summed E-state index contributed by atoms with van der Waals surface area (Å²) >= 11 is 5.72. The van der Waals surface area contributed by atoms with Gasteiger partial charge in [-0.1, -0.05) is 6.92 Å². The zero-order valence-corrected chi connectivity index (χ0v) is 10.4. The molecule has 0 radical (unpaired) electrons. The van der Waals surface area contributed by atoms with Crippen LogP contribution in [0.4, 0.5) is 5.82 Å². The van der Waals surface area contributed by atoms with E-state index in [2.05, 4.69) is 24.4 Å². The molecule has 1 atom stereocenters. The molecule has 84 valence electrons. The fraction of sp³-hybridized carbons (Fsp3) is 0.222. The minimum absolute atomic E-state index is 0.0360. The minimum Gasteiger partial charge on any atom is -0.403 e. The lowest BCUT2D eigenvalue weighted by Gasteiger charge is -2.07. The van der Waals surface area contributed by atoms with Crippen molar-refractivity contribution >= 4 is 37.9 Å². The van der Waals surface area contributed by atoms with Gasteiger partial charge >= 0.3 is 5.63 Å². The Hall–Kier alpha value is -1.19. The lowest BCUT2D eigenvalue weighted by atomic mass is 10.1. The molecule has 7 heteroatoms. The summed E-state index contributed by atoms with van der Waals surface area (Å²) in [5.74, 6) is 0.528. The van der Waals surface area contributed by atoms with Gasteiger partial charge in [0.05, 0.1) is 5.39 Å². The van der Waals surface area contributed by atoms with Gasteiger partial charge in [0.2, 0.25) is 11.0 Å². The van der Waals surface area contributed by atoms with E-state index in [1.807, 2.05) is 6.92 Å². The van der Waals surface area contributed by atoms with Gasteiger partial charge in [0.25, 0.3) is 0 Å². The third kappa shape index (κ3) is 1.88. The van der Waals surface area contributed by atoms with Gasteiger partial charge in [-0.3, -0.25) is 0 Å². The summed E-state index contributed by atoms with van der Waals surface area (Å²) in [5, 5.41) is 3.54. The van der Waals surface area contributed by atoms with Crippen LogP contribution < -0.4 is 10.7 Å². The third-order valence-electron chi connectivity index (χ3n) is 2.18. The number of aryl methyl sites for hydroxylation is 1. The molecule has 0 aliphatic heterocycles. The zero-order chi connectivity index (χ0) is 11.7. The van der Waals surface area contributed by atoms with E-state index in [9.17, 15) is 4.79 Å². The van der Waals surface area contributed by atoms with Crippen molar-refractivity contribution in [3.63, 3.8) is 0 Å². The van der Waals surface area contributed by atoms with E-state index in [1.54, 1.807) is 0 Å². The number of aromatic nitrogens is 2. The molecule has 16 heavy (non-hydrogen) atoms. The average molecular weight is 258 g/mol. The first-order valence-corrected chi connectivity index (χ1v) is 5.58. The summed E-state index contributed by atoms with van der Waals surface area (Å²) in [5.41, 5.74) is 0.594. The van der Waals surface area contributed by atoms with E-state index in [0.29, 0.717) is 17.6 Å². The largest absolute Gasteiger partial charge is 0.403 e. The van der Waals surface area contributed by atoms with E-state index in [1.165, 1.54) is 6.07 Å². The smallest absolute Gasteiger partial charge is 0.337 e. The monoisotopic (exact) mass is 257 g/mol. The van der Waals surface area contributed by atoms with Crippen molar-refractivity contribution in [3.8, 4) is 0 Å². The van der Waals surface area contributed by atoms with Crippen LogP contribution in [0.5, 0.6) is 0 Å². The van der Waals surface area contributed by atoms with Crippen LogP contribution >= 0.6 is 21.0 Å². The normalized spacial score (nSPS) is 10.7. The maximum atomic E-state index is 11.3. The van der Waals surface area contributed by atoms with Gasteiger partial charge in [-0.05, 0) is 33.0 Å². The quantitative estimate of drug-likeness (QED) is 0.658. The maximum absolute atomic E-state index is 11.3. The number of hydrogen-bond acceptors (Lipinski definition) is 5. The van der Waals surface area contributed by atoms with Crippen LogP contribution in [0.15, 0.2) is 15.3 Å². The molecule has 0 amide bonds. The summed E-state index contributed by atoms with van der Waals surface area (Å²) in [6.45, 7) is 1.94. The molecule has 2 aromatic heterocycles. The molecule has 1 unspecified atom stereocenters. The predicted octanol–water partition coefficient (Wildman–Crippen LogP) is 2.00. The maximum Gasteiger partial charge on any atom is 0.337 e. The van der Waals surface area contributed by atoms with Gasteiger partial charge in [0.1, 0.15) is 5.82 Å². The Morgan fingerprint density at radius 2 is 2.31 bits per heavy atom. The first kappa shape index (κ1) is 11.3. The Balaban J connectivity index is 2.93. The van der Waals surface area contributed by atoms with Crippen molar-refractivity contribution in [2.45, 2.75) is 13.3 Å². The SMILES string of the molecule is CCc1cc(=O)oc2nc(Cl)nc(NP)c12. The Bertz CT molecular complexity index is 599. The fourth-order valence-electron chi connectivity index (χ4n) is 1.50. The van der Waals surface area contributed by atoms with E-state index in [4.69, 9.17) is 16.0 Å². The molecule has 0 bridgehead atoms. The molecule has 0 fully saturated rings. The topological polar surface area (TPSA) is 68.0 Å². The van der Waals surface area contributed by atoms with E-state index >= 15 is 0 Å². The van der Waals surface area contributed by atoms with Crippen LogP contribution in [-0.4, -0.2) is 9.97 Å². The van der Waals surface area contributed by atoms with Crippen molar-refractivity contribution in [1.29, 1.82) is 0 Å². The van der Waals surface area contributed by atoms with Crippen molar-refractivity contribution in [2.75, 3.05) is 5.09 Å². The molecule has 0 aliphatic rings. The summed E-state index contributed by atoms with van der Waals surface area (Å²) in [7, 11) is 2.33. The van der Waals surface area contributed by atoms with Crippen LogP contribution in [0, 0.1) is 0 Å². The standard InChI is InChI=1S/C9H9ClN3O2P/c1-2-4-3-5(14)15-8-6(4)7(13-16)11-9(10)12-8/h3H,2,16H2,1H3,(H,11,12,13). The summed E-state index contributed by atoms with van der Waals surface area (Å²) in [4.78, 5) is 19.2. The van der Waals surface area contributed by atoms with Gasteiger partial charge in [0, 0.05) is 6.07 Å². The Morgan fingerprint density at radius 3 is 2.94 bits per heavy atom. The number of rotatable bonds is 2. The number of halogens is 1. The molecule has 5 nitrogen and oxygen atoms in total. The second kappa shape index (κ2) is 4.36. The highest BCUT2D eigenvalue weighted by Crippen LogP contribution is 2.25. The van der Waals surface area contributed by atoms with Gasteiger partial charge < -0.3 is 9.50 Å². The van der Waals surface area contributed by atoms with Gasteiger partial charge in [0.15, 0.2) is 0 Å². The summed E-state index contributed by atoms with van der Waals surface area (Å²) in [6.07, 6.45) is 0.687. The molecule has 2 aromatic rings. The van der Waals surface area contributed by atoms with Crippen LogP contribution in [0.1, 0.15) is 12.5 Å². The lowest BCUT2D eigenvalue weighted by Crippen LogP contribution is -2.03. The fourth-order valence-corrected chi connectivity index (χ4v) is 1.87. The van der Waals surface area contributed by atoms with E-state index in [-0.39, 0.29) is 11.0 Å². The lowest BCUT2D eigenvalue weighted by molar-refractivity contribution is 0.547. The first-order chi connectivity index (χ1) is 7.65. The second-order valence-corrected chi connectivity index (χ2v) is 3.74. The highest BCUT2D eigenvalue weighted by Gasteiger charge is 2.12. The summed E-state index contributed by atoms with van der Waals surface area (Å²) in [6, 6.07) is 1.44. The molecule has 0 aromatic carbocycles. The van der Waals surface area contributed by atoms with Crippen LogP contribution in [0.25, 0.3) is 11.1 Å². The van der Waals surface area contributed by atoms with Crippen molar-refractivity contribution < 1.29 is 4.42 Å². The molecule has 1 N–H and O–H groups in total. The Morgan fingerprint density at radius 1 is 1.56 bits per heavy atom. The number of nitrogens with zero attached hydrogens (tertiary/aromatic N) is 2. The number of anilines is 1. The van der Waals surface area contributed by atoms with E-state index in [0.717, 1.165) is 5.56 Å². The van der Waals surface area contributed by atoms with E-state index < -0.39 is 5.63 Å². The molecule has 0 saturated heterocycles. The summed E-state index contributed by atoms with van der Waals surface area (Å²) < 4.78 is 4.99. The van der Waals surface area contributed by atoms with Crippen molar-refractivity contribution in [3.05, 3.63) is 27.3 Å². The minimum atomic E-state index is -0.436. The van der Waals surface area contributed by atoms with Crippen LogP contribution in [0.2, 0.25) is 5.28 Å². The van der Waals surface area contributed by atoms with Crippen LogP contribution in [0.3, 0.4) is 0 Å². The third-order valence-corrected chi connectivity index (χ3v) is 2.62. The molecule has 2 rings (SSSR count). The molecular weight excluding hydrogens is 249 g/mol. The Labute approximate surface area is 98.5 Å². The zero-order valence-electron chi connectivity index (χ0n) is 8.45. The van der Waals surface area contributed by atoms with Crippen molar-refractivity contribution in [2.24, 2.45) is 0 Å². The predicted molar refractivity (Wildman–Crippen MR) is 65.8 cm³/mol. The molecular formula is C9H9ClN3O2P. The second-order valence-electron chi connectivity index (χ2n) is 3.11. The molecule has 2 heterocycles. The first-order valence-electron chi connectivity index (χ1n) is 4.62. The van der Waals surface area contributed by atoms with Gasteiger partial charge in [-0.25, -0.2) is 4.79 Å². The number of hydrogen-bond donors (Lipinski definition) is 1. The van der Waals surface area contributed by atoms with Gasteiger partial charge in [-0.2, -0.15) is 9.97 Å². The Kier molecular flexibility index (Phi) is 3.08. The average Bonchev–Trinajstić information content (AvgIpc) is 2.26. The molecule has 0 saturated carbocycles. The van der Waals surface area contributed by atoms with Crippen LogP contribution in [-0.2, 0) is 6.42 Å². The molecule has 0 spiro atoms. The van der Waals surface area contributed by atoms with Gasteiger partial charge in [-0.15, -0.1) is 0 Å². The number of fused-ring (bicyclic) bond motifs is 1. The molecule has 0 aliphatic carbocycles.